The van der Waals surface area contributed by atoms with Crippen LogP contribution in [0.1, 0.15) is 18.9 Å². The first-order chi connectivity index (χ1) is 8.08. The maximum Gasteiger partial charge on any atom is 0.0693 e. The molecule has 3 nitrogen and oxygen atoms in total. The summed E-state index contributed by atoms with van der Waals surface area (Å²) < 4.78 is 1.05. The Balaban J connectivity index is 2.06. The van der Waals surface area contributed by atoms with Gasteiger partial charge < -0.3 is 10.8 Å². The molecule has 0 aliphatic carbocycles. The van der Waals surface area contributed by atoms with Crippen LogP contribution in [-0.2, 0) is 6.54 Å². The molecule has 1 saturated heterocycles. The van der Waals surface area contributed by atoms with Crippen molar-refractivity contribution in [3.05, 3.63) is 28.2 Å². The van der Waals surface area contributed by atoms with Gasteiger partial charge in [0.05, 0.1) is 6.10 Å². The molecule has 1 aliphatic heterocycles. The summed E-state index contributed by atoms with van der Waals surface area (Å²) >= 11 is 3.53. The minimum absolute atomic E-state index is 0.215. The summed E-state index contributed by atoms with van der Waals surface area (Å²) in [6, 6.07) is 5.87. The number of rotatable bonds is 2. The zero-order valence-corrected chi connectivity index (χ0v) is 11.7. The van der Waals surface area contributed by atoms with Crippen molar-refractivity contribution in [3.8, 4) is 0 Å². The van der Waals surface area contributed by atoms with E-state index in [1.54, 1.807) is 0 Å². The van der Waals surface area contributed by atoms with Crippen molar-refractivity contribution in [2.45, 2.75) is 26.0 Å². The third-order valence-electron chi connectivity index (χ3n) is 3.54. The second-order valence-corrected chi connectivity index (χ2v) is 5.73. The standard InChI is InChI=1S/C13H19BrN2O/c1-9-5-6-16(8-13(9)17)7-10-11(14)3-2-4-12(10)15/h2-4,9,13,17H,5-8,15H2,1H3. The Bertz CT molecular complexity index is 377. The number of nitrogens with two attached hydrogens (primary N) is 1. The Morgan fingerprint density at radius 1 is 1.53 bits per heavy atom. The van der Waals surface area contributed by atoms with Gasteiger partial charge in [-0.15, -0.1) is 0 Å². The van der Waals surface area contributed by atoms with Gasteiger partial charge >= 0.3 is 0 Å². The van der Waals surface area contributed by atoms with Crippen LogP contribution in [0.3, 0.4) is 0 Å². The number of likely N-dealkylation sites (tertiary alicyclic amines) is 1. The van der Waals surface area contributed by atoms with Crippen LogP contribution in [0.25, 0.3) is 0 Å². The van der Waals surface area contributed by atoms with E-state index in [1.807, 2.05) is 18.2 Å². The smallest absolute Gasteiger partial charge is 0.0693 e. The first-order valence-corrected chi connectivity index (χ1v) is 6.80. The van der Waals surface area contributed by atoms with E-state index < -0.39 is 0 Å². The van der Waals surface area contributed by atoms with E-state index in [9.17, 15) is 5.11 Å². The predicted molar refractivity (Wildman–Crippen MR) is 73.6 cm³/mol. The highest BCUT2D eigenvalue weighted by molar-refractivity contribution is 9.10. The lowest BCUT2D eigenvalue weighted by Crippen LogP contribution is -2.42. The number of halogens is 1. The molecule has 2 atom stereocenters. The number of anilines is 1. The van der Waals surface area contributed by atoms with E-state index in [0.29, 0.717) is 5.92 Å². The second-order valence-electron chi connectivity index (χ2n) is 4.88. The molecule has 2 rings (SSSR count). The van der Waals surface area contributed by atoms with Crippen molar-refractivity contribution in [2.24, 2.45) is 5.92 Å². The SMILES string of the molecule is CC1CCN(Cc2c(N)cccc2Br)CC1O. The van der Waals surface area contributed by atoms with Gasteiger partial charge in [0, 0.05) is 28.8 Å². The molecule has 1 aromatic carbocycles. The number of aliphatic hydroxyl groups is 1. The van der Waals surface area contributed by atoms with Crippen LogP contribution in [0.4, 0.5) is 5.69 Å². The molecule has 2 unspecified atom stereocenters. The molecule has 0 aromatic heterocycles. The van der Waals surface area contributed by atoms with Crippen LogP contribution in [0.5, 0.6) is 0 Å². The Hall–Kier alpha value is -0.580. The van der Waals surface area contributed by atoms with Crippen LogP contribution >= 0.6 is 15.9 Å². The van der Waals surface area contributed by atoms with Crippen LogP contribution in [0.2, 0.25) is 0 Å². The van der Waals surface area contributed by atoms with Crippen molar-refractivity contribution in [1.29, 1.82) is 0 Å². The Morgan fingerprint density at radius 3 is 2.94 bits per heavy atom. The molecule has 3 N–H and O–H groups in total. The first kappa shape index (κ1) is 12.9. The number of benzene rings is 1. The van der Waals surface area contributed by atoms with Gasteiger partial charge in [0.1, 0.15) is 0 Å². The van der Waals surface area contributed by atoms with Crippen LogP contribution in [0, 0.1) is 5.92 Å². The highest BCUT2D eigenvalue weighted by atomic mass is 79.9. The Kier molecular flexibility index (Phi) is 4.07. The second kappa shape index (κ2) is 5.38. The summed E-state index contributed by atoms with van der Waals surface area (Å²) in [5.41, 5.74) is 7.91. The zero-order chi connectivity index (χ0) is 12.4. The van der Waals surface area contributed by atoms with Crippen LogP contribution in [-0.4, -0.2) is 29.2 Å². The van der Waals surface area contributed by atoms with Gasteiger partial charge in [-0.3, -0.25) is 4.90 Å². The number of hydrogen-bond acceptors (Lipinski definition) is 3. The fourth-order valence-corrected chi connectivity index (χ4v) is 2.73. The highest BCUT2D eigenvalue weighted by Gasteiger charge is 2.24. The van der Waals surface area contributed by atoms with Crippen molar-refractivity contribution in [2.75, 3.05) is 18.8 Å². The molecule has 0 radical (unpaired) electrons. The normalized spacial score (nSPS) is 26.1. The monoisotopic (exact) mass is 298 g/mol. The lowest BCUT2D eigenvalue weighted by molar-refractivity contribution is 0.0259. The molecule has 0 amide bonds. The number of nitrogens with zero attached hydrogens (tertiary/aromatic N) is 1. The van der Waals surface area contributed by atoms with Crippen molar-refractivity contribution in [3.63, 3.8) is 0 Å². The summed E-state index contributed by atoms with van der Waals surface area (Å²) in [7, 11) is 0. The topological polar surface area (TPSA) is 49.5 Å². The Labute approximate surface area is 111 Å². The largest absolute Gasteiger partial charge is 0.398 e. The van der Waals surface area contributed by atoms with Crippen LogP contribution < -0.4 is 5.73 Å². The van der Waals surface area contributed by atoms with Crippen molar-refractivity contribution >= 4 is 21.6 Å². The first-order valence-electron chi connectivity index (χ1n) is 6.01. The maximum absolute atomic E-state index is 9.88. The third kappa shape index (κ3) is 3.00. The predicted octanol–water partition coefficient (Wildman–Crippen LogP) is 2.23. The van der Waals surface area contributed by atoms with Gasteiger partial charge in [0.2, 0.25) is 0 Å². The number of β-amino-alcohol motifs (C(OH)–C–C–N with tert-alkyl or cyclic N) is 1. The average Bonchev–Trinajstić information content (AvgIpc) is 2.28. The minimum Gasteiger partial charge on any atom is -0.398 e. The molecule has 1 aromatic rings. The number of hydrogen-bond donors (Lipinski definition) is 2. The van der Waals surface area contributed by atoms with Crippen molar-refractivity contribution < 1.29 is 5.11 Å². The summed E-state index contributed by atoms with van der Waals surface area (Å²) in [5.74, 6) is 0.405. The number of piperidine rings is 1. The molecule has 94 valence electrons. The Morgan fingerprint density at radius 2 is 2.29 bits per heavy atom. The van der Waals surface area contributed by atoms with E-state index in [4.69, 9.17) is 5.73 Å². The van der Waals surface area contributed by atoms with E-state index in [2.05, 4.69) is 27.8 Å². The van der Waals surface area contributed by atoms with E-state index in [1.165, 1.54) is 0 Å². The van der Waals surface area contributed by atoms with Gasteiger partial charge in [0.25, 0.3) is 0 Å². The molecule has 1 fully saturated rings. The molecule has 0 bridgehead atoms. The molecular weight excluding hydrogens is 280 g/mol. The van der Waals surface area contributed by atoms with Gasteiger partial charge in [0.15, 0.2) is 0 Å². The number of aliphatic hydroxyl groups excluding tert-OH is 1. The van der Waals surface area contributed by atoms with E-state index in [-0.39, 0.29) is 6.10 Å². The summed E-state index contributed by atoms with van der Waals surface area (Å²) in [5, 5.41) is 9.88. The zero-order valence-electron chi connectivity index (χ0n) is 10.1. The van der Waals surface area contributed by atoms with Gasteiger partial charge in [-0.2, -0.15) is 0 Å². The van der Waals surface area contributed by atoms with E-state index in [0.717, 1.165) is 41.8 Å². The number of nitrogen functional groups attached to an aromatic ring is 1. The highest BCUT2D eigenvalue weighted by Crippen LogP contribution is 2.26. The molecule has 1 heterocycles. The fraction of sp³-hybridized carbons (Fsp3) is 0.538. The lowest BCUT2D eigenvalue weighted by Gasteiger charge is -2.34. The molecule has 0 spiro atoms. The molecular formula is C13H19BrN2O. The molecule has 17 heavy (non-hydrogen) atoms. The summed E-state index contributed by atoms with van der Waals surface area (Å²) in [4.78, 5) is 2.26. The van der Waals surface area contributed by atoms with Crippen molar-refractivity contribution in [1.82, 2.24) is 4.90 Å². The molecule has 1 aliphatic rings. The van der Waals surface area contributed by atoms with Crippen LogP contribution in [0.15, 0.2) is 22.7 Å². The maximum atomic E-state index is 9.88. The van der Waals surface area contributed by atoms with Gasteiger partial charge in [-0.05, 0) is 31.0 Å². The van der Waals surface area contributed by atoms with E-state index >= 15 is 0 Å². The summed E-state index contributed by atoms with van der Waals surface area (Å²) in [6.45, 7) is 4.67. The molecule has 0 saturated carbocycles. The van der Waals surface area contributed by atoms with Gasteiger partial charge in [-0.1, -0.05) is 28.9 Å². The quantitative estimate of drug-likeness (QED) is 0.823. The lowest BCUT2D eigenvalue weighted by atomic mass is 9.95. The average molecular weight is 299 g/mol. The molecule has 4 heteroatoms. The third-order valence-corrected chi connectivity index (χ3v) is 4.28. The van der Waals surface area contributed by atoms with Gasteiger partial charge in [-0.25, -0.2) is 0 Å². The minimum atomic E-state index is -0.215. The fourth-order valence-electron chi connectivity index (χ4n) is 2.22. The summed E-state index contributed by atoms with van der Waals surface area (Å²) in [6.07, 6.45) is 0.832.